The van der Waals surface area contributed by atoms with Crippen molar-refractivity contribution in [2.75, 3.05) is 6.61 Å². The van der Waals surface area contributed by atoms with Crippen LogP contribution in [0, 0.1) is 0 Å². The van der Waals surface area contributed by atoms with Gasteiger partial charge in [-0.3, -0.25) is 4.79 Å². The molecule has 0 unspecified atom stereocenters. The molecule has 1 atom stereocenters. The van der Waals surface area contributed by atoms with Crippen LogP contribution in [0.4, 0.5) is 18.0 Å². The van der Waals surface area contributed by atoms with Gasteiger partial charge in [-0.15, -0.1) is 0 Å². The normalized spacial score (nSPS) is 17.0. The van der Waals surface area contributed by atoms with E-state index >= 15 is 0 Å². The summed E-state index contributed by atoms with van der Waals surface area (Å²) in [6, 6.07) is 0.0987. The van der Waals surface area contributed by atoms with Crippen molar-refractivity contribution in [1.82, 2.24) is 10.3 Å². The average molecular weight is 367 g/mol. The third-order valence-corrected chi connectivity index (χ3v) is 3.17. The van der Waals surface area contributed by atoms with E-state index in [9.17, 15) is 22.8 Å². The number of Topliss-reactive ketones (excluding diaryl/α,β-unsaturated/α-hetero) is 1. The van der Waals surface area contributed by atoms with Crippen molar-refractivity contribution in [3.63, 3.8) is 0 Å². The van der Waals surface area contributed by atoms with Gasteiger partial charge in [0, 0.05) is 5.56 Å². The molecule has 10 heteroatoms. The number of fused-ring (bicyclic) bond motifs is 1. The molecule has 2 rings (SSSR count). The van der Waals surface area contributed by atoms with Gasteiger partial charge in [0.2, 0.25) is 0 Å². The number of carbonyl (C=O) groups excluding carboxylic acids is 2. The summed E-state index contributed by atoms with van der Waals surface area (Å²) in [5.41, 5.74) is -1.49. The quantitative estimate of drug-likeness (QED) is 0.641. The molecule has 0 fully saturated rings. The topological polar surface area (TPSA) is 77.5 Å². The van der Waals surface area contributed by atoms with E-state index in [4.69, 9.17) is 21.1 Å². The number of hydrogen-bond donors (Lipinski definition) is 1. The van der Waals surface area contributed by atoms with Gasteiger partial charge in [0.25, 0.3) is 5.78 Å². The molecule has 0 saturated carbocycles. The third kappa shape index (κ3) is 4.08. The van der Waals surface area contributed by atoms with Crippen molar-refractivity contribution in [2.24, 2.45) is 0 Å². The summed E-state index contributed by atoms with van der Waals surface area (Å²) in [5.74, 6) is -2.11. The Bertz CT molecular complexity index is 686. The highest BCUT2D eigenvalue weighted by Gasteiger charge is 2.42. The largest absolute Gasteiger partial charge is 0.487 e. The van der Waals surface area contributed by atoms with E-state index in [1.807, 2.05) is 0 Å². The molecule has 0 radical (unpaired) electrons. The number of carbonyl (C=O) groups is 2. The molecule has 0 saturated heterocycles. The molecule has 1 amide bonds. The molecule has 6 nitrogen and oxygen atoms in total. The van der Waals surface area contributed by atoms with Crippen molar-refractivity contribution in [2.45, 2.75) is 38.6 Å². The van der Waals surface area contributed by atoms with Crippen LogP contribution >= 0.6 is 11.6 Å². The first kappa shape index (κ1) is 18.3. The SMILES string of the molecule is CC(C)(C)OC(=O)N[C@@H]1COc2c1cc(C(=O)C(F)(F)F)nc2Cl. The van der Waals surface area contributed by atoms with Crippen molar-refractivity contribution in [1.29, 1.82) is 0 Å². The molecule has 24 heavy (non-hydrogen) atoms. The summed E-state index contributed by atoms with van der Waals surface area (Å²) in [5, 5.41) is 2.08. The lowest BCUT2D eigenvalue weighted by Crippen LogP contribution is -2.35. The Hall–Kier alpha value is -2.03. The zero-order chi connectivity index (χ0) is 18.3. The minimum Gasteiger partial charge on any atom is -0.487 e. The Morgan fingerprint density at radius 1 is 1.38 bits per heavy atom. The van der Waals surface area contributed by atoms with E-state index < -0.39 is 35.4 Å². The first-order valence-corrected chi connectivity index (χ1v) is 7.20. The van der Waals surface area contributed by atoms with Gasteiger partial charge in [-0.2, -0.15) is 13.2 Å². The summed E-state index contributed by atoms with van der Waals surface area (Å²) in [7, 11) is 0. The second kappa shape index (κ2) is 6.12. The Balaban J connectivity index is 2.28. The van der Waals surface area contributed by atoms with Crippen molar-refractivity contribution in [3.8, 4) is 5.75 Å². The molecule has 0 bridgehead atoms. The Labute approximate surface area is 140 Å². The molecule has 1 aliphatic rings. The lowest BCUT2D eigenvalue weighted by atomic mass is 10.1. The molecule has 1 aliphatic heterocycles. The van der Waals surface area contributed by atoms with Gasteiger partial charge >= 0.3 is 12.3 Å². The van der Waals surface area contributed by atoms with Crippen LogP contribution in [0.5, 0.6) is 5.75 Å². The number of nitrogens with one attached hydrogen (secondary N) is 1. The van der Waals surface area contributed by atoms with Crippen LogP contribution in [-0.2, 0) is 4.74 Å². The smallest absolute Gasteiger partial charge is 0.456 e. The van der Waals surface area contributed by atoms with Gasteiger partial charge in [0.15, 0.2) is 10.9 Å². The minimum atomic E-state index is -5.09. The minimum absolute atomic E-state index is 0.0245. The van der Waals surface area contributed by atoms with E-state index in [1.165, 1.54) is 0 Å². The summed E-state index contributed by atoms with van der Waals surface area (Å²) in [4.78, 5) is 26.5. The number of rotatable bonds is 2. The highest BCUT2D eigenvalue weighted by atomic mass is 35.5. The zero-order valence-corrected chi connectivity index (χ0v) is 13.7. The fourth-order valence-corrected chi connectivity index (χ4v) is 2.26. The molecular weight excluding hydrogens is 353 g/mol. The summed E-state index contributed by atoms with van der Waals surface area (Å²) >= 11 is 5.78. The number of alkyl halides is 3. The molecule has 0 spiro atoms. The maximum absolute atomic E-state index is 12.6. The maximum Gasteiger partial charge on any atom is 0.456 e. The van der Waals surface area contributed by atoms with Crippen LogP contribution in [0.25, 0.3) is 0 Å². The van der Waals surface area contributed by atoms with Crippen LogP contribution in [0.15, 0.2) is 6.07 Å². The Morgan fingerprint density at radius 2 is 2.00 bits per heavy atom. The van der Waals surface area contributed by atoms with Crippen molar-refractivity contribution < 1.29 is 32.2 Å². The van der Waals surface area contributed by atoms with Crippen molar-refractivity contribution in [3.05, 3.63) is 22.5 Å². The number of hydrogen-bond acceptors (Lipinski definition) is 5. The standard InChI is InChI=1S/C14H14ClF3N2O4/c1-13(2,3)24-12(22)20-8-5-23-9-6(8)4-7(19-11(9)15)10(21)14(16,17)18/h4,8H,5H2,1-3H3,(H,20,22)/t8-/m1/s1. The lowest BCUT2D eigenvalue weighted by Gasteiger charge is -2.21. The van der Waals surface area contributed by atoms with Gasteiger partial charge in [-0.05, 0) is 26.8 Å². The second-order valence-electron chi connectivity index (χ2n) is 6.05. The van der Waals surface area contributed by atoms with E-state index in [1.54, 1.807) is 20.8 Å². The molecule has 132 valence electrons. The molecule has 0 aliphatic carbocycles. The van der Waals surface area contributed by atoms with Gasteiger partial charge < -0.3 is 14.8 Å². The van der Waals surface area contributed by atoms with Gasteiger partial charge in [0.1, 0.15) is 17.9 Å². The molecule has 0 aromatic carbocycles. The van der Waals surface area contributed by atoms with Crippen LogP contribution in [-0.4, -0.2) is 35.2 Å². The second-order valence-corrected chi connectivity index (χ2v) is 6.41. The number of alkyl carbamates (subject to hydrolysis) is 1. The number of pyridine rings is 1. The number of nitrogens with zero attached hydrogens (tertiary/aromatic N) is 1. The van der Waals surface area contributed by atoms with E-state index in [2.05, 4.69) is 10.3 Å². The van der Waals surface area contributed by atoms with Gasteiger partial charge in [-0.25, -0.2) is 9.78 Å². The predicted molar refractivity (Wildman–Crippen MR) is 77.2 cm³/mol. The Kier molecular flexibility index (Phi) is 4.67. The van der Waals surface area contributed by atoms with E-state index in [0.717, 1.165) is 6.07 Å². The van der Waals surface area contributed by atoms with Crippen LogP contribution < -0.4 is 10.1 Å². The highest BCUT2D eigenvalue weighted by Crippen LogP contribution is 2.38. The van der Waals surface area contributed by atoms with E-state index in [0.29, 0.717) is 0 Å². The number of amides is 1. The zero-order valence-electron chi connectivity index (χ0n) is 13.0. The molecule has 1 N–H and O–H groups in total. The van der Waals surface area contributed by atoms with Crippen molar-refractivity contribution >= 4 is 23.5 Å². The molecule has 2 heterocycles. The van der Waals surface area contributed by atoms with Crippen LogP contribution in [0.2, 0.25) is 5.15 Å². The summed E-state index contributed by atoms with van der Waals surface area (Å²) < 4.78 is 48.0. The van der Waals surface area contributed by atoms with Crippen LogP contribution in [0.1, 0.15) is 42.9 Å². The average Bonchev–Trinajstić information content (AvgIpc) is 2.78. The number of ketones is 1. The molecular formula is C14H14ClF3N2O4. The first-order chi connectivity index (χ1) is 10.9. The highest BCUT2D eigenvalue weighted by molar-refractivity contribution is 6.31. The summed E-state index contributed by atoms with van der Waals surface area (Å²) in [6.45, 7) is 4.91. The summed E-state index contributed by atoms with van der Waals surface area (Å²) in [6.07, 6.45) is -5.86. The van der Waals surface area contributed by atoms with Crippen LogP contribution in [0.3, 0.4) is 0 Å². The third-order valence-electron chi connectivity index (χ3n) is 2.91. The first-order valence-electron chi connectivity index (χ1n) is 6.83. The maximum atomic E-state index is 12.6. The number of aromatic nitrogens is 1. The number of halogens is 4. The molecule has 1 aromatic rings. The number of ether oxygens (including phenoxy) is 2. The lowest BCUT2D eigenvalue weighted by molar-refractivity contribution is -0.0888. The Morgan fingerprint density at radius 3 is 2.54 bits per heavy atom. The fourth-order valence-electron chi connectivity index (χ4n) is 2.01. The van der Waals surface area contributed by atoms with Gasteiger partial charge in [-0.1, -0.05) is 11.6 Å². The van der Waals surface area contributed by atoms with E-state index in [-0.39, 0.29) is 23.1 Å². The fraction of sp³-hybridized carbons (Fsp3) is 0.500. The monoisotopic (exact) mass is 366 g/mol. The van der Waals surface area contributed by atoms with Gasteiger partial charge in [0.05, 0.1) is 6.04 Å². The predicted octanol–water partition coefficient (Wildman–Crippen LogP) is 3.44. The molecule has 1 aromatic heterocycles.